The van der Waals surface area contributed by atoms with Gasteiger partial charge in [-0.2, -0.15) is 0 Å². The lowest BCUT2D eigenvalue weighted by Crippen LogP contribution is -2.37. The molecule has 2 N–H and O–H groups in total. The lowest BCUT2D eigenvalue weighted by Gasteiger charge is -2.16. The van der Waals surface area contributed by atoms with Gasteiger partial charge in [-0.05, 0) is 18.9 Å². The monoisotopic (exact) mass is 375 g/mol. The number of rotatable bonds is 6. The van der Waals surface area contributed by atoms with E-state index in [9.17, 15) is 14.9 Å². The Kier molecular flexibility index (Phi) is 9.03. The molecule has 2 rings (SSSR count). The quantitative estimate of drug-likeness (QED) is 0.343. The van der Waals surface area contributed by atoms with Gasteiger partial charge in [0.1, 0.15) is 5.56 Å². The van der Waals surface area contributed by atoms with Crippen LogP contribution in [0.4, 0.5) is 5.69 Å². The van der Waals surface area contributed by atoms with E-state index in [-0.39, 0.29) is 28.7 Å². The van der Waals surface area contributed by atoms with Gasteiger partial charge in [0.15, 0.2) is 0 Å². The number of benzene rings is 1. The van der Waals surface area contributed by atoms with E-state index in [0.29, 0.717) is 19.1 Å². The van der Waals surface area contributed by atoms with Crippen molar-refractivity contribution in [2.75, 3.05) is 13.1 Å². The van der Waals surface area contributed by atoms with Gasteiger partial charge in [-0.15, -0.1) is 12.4 Å². The summed E-state index contributed by atoms with van der Waals surface area (Å²) < 4.78 is 0. The van der Waals surface area contributed by atoms with Crippen molar-refractivity contribution >= 4 is 35.6 Å². The molecule has 0 heterocycles. The maximum absolute atomic E-state index is 12.2. The third-order valence-corrected chi connectivity index (χ3v) is 4.43. The minimum Gasteiger partial charge on any atom is -0.350 e. The Hall–Kier alpha value is -1.37. The average molecular weight is 376 g/mol. The second-order valence-electron chi connectivity index (χ2n) is 5.79. The number of nitrogens with zero attached hydrogens (tertiary/aromatic N) is 1. The normalized spacial score (nSPS) is 15.2. The summed E-state index contributed by atoms with van der Waals surface area (Å²) in [7, 11) is 0. The van der Waals surface area contributed by atoms with Crippen molar-refractivity contribution in [3.8, 4) is 0 Å². The molecule has 1 aromatic rings. The maximum Gasteiger partial charge on any atom is 0.283 e. The second kappa shape index (κ2) is 10.5. The van der Waals surface area contributed by atoms with Crippen molar-refractivity contribution in [3.05, 3.63) is 38.9 Å². The first-order valence-electron chi connectivity index (χ1n) is 8.04. The first kappa shape index (κ1) is 20.7. The summed E-state index contributed by atoms with van der Waals surface area (Å²) in [5, 5.41) is 17.2. The molecule has 6 nitrogen and oxygen atoms in total. The van der Waals surface area contributed by atoms with Gasteiger partial charge >= 0.3 is 0 Å². The summed E-state index contributed by atoms with van der Waals surface area (Å²) >= 11 is 5.94. The molecule has 24 heavy (non-hydrogen) atoms. The van der Waals surface area contributed by atoms with E-state index in [1.54, 1.807) is 0 Å². The highest BCUT2D eigenvalue weighted by Crippen LogP contribution is 2.25. The number of carbonyl (C=O) groups excluding carboxylic acids is 1. The van der Waals surface area contributed by atoms with Crippen LogP contribution in [0.2, 0.25) is 5.02 Å². The molecule has 1 aliphatic carbocycles. The van der Waals surface area contributed by atoms with E-state index in [1.165, 1.54) is 56.7 Å². The van der Waals surface area contributed by atoms with Gasteiger partial charge in [-0.1, -0.05) is 43.4 Å². The van der Waals surface area contributed by atoms with Gasteiger partial charge in [0, 0.05) is 25.2 Å². The van der Waals surface area contributed by atoms with Crippen molar-refractivity contribution < 1.29 is 9.72 Å². The van der Waals surface area contributed by atoms with Crippen molar-refractivity contribution in [3.63, 3.8) is 0 Å². The van der Waals surface area contributed by atoms with Crippen LogP contribution in [-0.2, 0) is 0 Å². The molecule has 1 aromatic carbocycles. The zero-order valence-corrected chi connectivity index (χ0v) is 15.0. The third kappa shape index (κ3) is 5.92. The predicted molar refractivity (Wildman–Crippen MR) is 97.2 cm³/mol. The zero-order chi connectivity index (χ0) is 16.7. The molecule has 1 saturated carbocycles. The standard InChI is InChI=1S/C16H22ClN3O3.ClH/c17-13-8-5-9-14(20(22)23)15(13)16(21)19-11-10-18-12-6-3-1-2-4-7-12;/h5,8-9,12,18H,1-4,6-7,10-11H2,(H,19,21);1H. The molecule has 0 unspecified atom stereocenters. The fourth-order valence-corrected chi connectivity index (χ4v) is 3.17. The van der Waals surface area contributed by atoms with Crippen molar-refractivity contribution in [1.29, 1.82) is 0 Å². The largest absolute Gasteiger partial charge is 0.350 e. The number of hydrogen-bond acceptors (Lipinski definition) is 4. The number of nitro groups is 1. The summed E-state index contributed by atoms with van der Waals surface area (Å²) in [4.78, 5) is 22.6. The first-order valence-corrected chi connectivity index (χ1v) is 8.42. The Morgan fingerprint density at radius 2 is 1.88 bits per heavy atom. The molecule has 0 spiro atoms. The number of carbonyl (C=O) groups is 1. The van der Waals surface area contributed by atoms with E-state index in [2.05, 4.69) is 10.6 Å². The molecule has 0 atom stereocenters. The number of amides is 1. The average Bonchev–Trinajstić information content (AvgIpc) is 2.79. The molecular weight excluding hydrogens is 353 g/mol. The Bertz CT molecular complexity index is 561. The minimum absolute atomic E-state index is 0. The van der Waals surface area contributed by atoms with Gasteiger partial charge in [0.25, 0.3) is 11.6 Å². The minimum atomic E-state index is -0.593. The van der Waals surface area contributed by atoms with Crippen LogP contribution < -0.4 is 10.6 Å². The van der Waals surface area contributed by atoms with E-state index in [4.69, 9.17) is 11.6 Å². The van der Waals surface area contributed by atoms with E-state index < -0.39 is 10.8 Å². The fourth-order valence-electron chi connectivity index (χ4n) is 2.91. The molecule has 134 valence electrons. The molecule has 1 aliphatic rings. The smallest absolute Gasteiger partial charge is 0.283 e. The first-order chi connectivity index (χ1) is 11.1. The number of nitro benzene ring substituents is 1. The summed E-state index contributed by atoms with van der Waals surface area (Å²) in [5.41, 5.74) is -0.347. The van der Waals surface area contributed by atoms with Crippen molar-refractivity contribution in [1.82, 2.24) is 10.6 Å². The predicted octanol–water partition coefficient (Wildman–Crippen LogP) is 3.71. The number of nitrogens with one attached hydrogen (secondary N) is 2. The van der Waals surface area contributed by atoms with E-state index >= 15 is 0 Å². The highest BCUT2D eigenvalue weighted by atomic mass is 35.5. The van der Waals surface area contributed by atoms with E-state index in [1.807, 2.05) is 0 Å². The van der Waals surface area contributed by atoms with E-state index in [0.717, 1.165) is 0 Å². The second-order valence-corrected chi connectivity index (χ2v) is 6.20. The van der Waals surface area contributed by atoms with Crippen LogP contribution >= 0.6 is 24.0 Å². The Morgan fingerprint density at radius 1 is 1.21 bits per heavy atom. The van der Waals surface area contributed by atoms with Crippen molar-refractivity contribution in [2.24, 2.45) is 0 Å². The van der Waals surface area contributed by atoms with Crippen molar-refractivity contribution in [2.45, 2.75) is 44.6 Å². The molecule has 0 bridgehead atoms. The zero-order valence-electron chi connectivity index (χ0n) is 13.4. The van der Waals surface area contributed by atoms with Gasteiger partial charge < -0.3 is 10.6 Å². The topological polar surface area (TPSA) is 84.3 Å². The molecule has 8 heteroatoms. The summed E-state index contributed by atoms with van der Waals surface area (Å²) in [6.45, 7) is 1.06. The van der Waals surface area contributed by atoms with Crippen LogP contribution in [0.3, 0.4) is 0 Å². The molecule has 0 aliphatic heterocycles. The Morgan fingerprint density at radius 3 is 2.50 bits per heavy atom. The molecule has 1 amide bonds. The molecular formula is C16H23Cl2N3O3. The van der Waals surface area contributed by atoms with Gasteiger partial charge in [0.2, 0.25) is 0 Å². The third-order valence-electron chi connectivity index (χ3n) is 4.11. The van der Waals surface area contributed by atoms with Gasteiger partial charge in [-0.25, -0.2) is 0 Å². The summed E-state index contributed by atoms with van der Waals surface area (Å²) in [6.07, 6.45) is 7.43. The Balaban J connectivity index is 0.00000288. The highest BCUT2D eigenvalue weighted by Gasteiger charge is 2.22. The lowest BCUT2D eigenvalue weighted by molar-refractivity contribution is -0.385. The molecule has 0 radical (unpaired) electrons. The Labute approximate surface area is 152 Å². The molecule has 1 fully saturated rings. The molecule has 0 saturated heterocycles. The van der Waals surface area contributed by atoms with Gasteiger partial charge in [0.05, 0.1) is 9.95 Å². The highest BCUT2D eigenvalue weighted by molar-refractivity contribution is 6.34. The van der Waals surface area contributed by atoms with Crippen LogP contribution in [0.1, 0.15) is 48.9 Å². The van der Waals surface area contributed by atoms with Gasteiger partial charge in [-0.3, -0.25) is 14.9 Å². The number of halogens is 2. The maximum atomic E-state index is 12.2. The molecule has 0 aromatic heterocycles. The SMILES string of the molecule is Cl.O=C(NCCNC1CCCCCC1)c1c(Cl)cccc1[N+](=O)[O-]. The van der Waals surface area contributed by atoms with Crippen LogP contribution in [0.15, 0.2) is 18.2 Å². The van der Waals surface area contributed by atoms with Crippen LogP contribution in [-0.4, -0.2) is 30.0 Å². The van der Waals surface area contributed by atoms with Crippen LogP contribution in [0, 0.1) is 10.1 Å². The van der Waals surface area contributed by atoms with Crippen LogP contribution in [0.5, 0.6) is 0 Å². The number of hydrogen-bond donors (Lipinski definition) is 2. The lowest BCUT2D eigenvalue weighted by atomic mass is 10.1. The summed E-state index contributed by atoms with van der Waals surface area (Å²) in [6, 6.07) is 4.73. The summed E-state index contributed by atoms with van der Waals surface area (Å²) in [5.74, 6) is -0.509. The van der Waals surface area contributed by atoms with Crippen LogP contribution in [0.25, 0.3) is 0 Å². The fraction of sp³-hybridized carbons (Fsp3) is 0.562.